The lowest BCUT2D eigenvalue weighted by Gasteiger charge is -2.15. The van der Waals surface area contributed by atoms with Crippen molar-refractivity contribution in [3.05, 3.63) is 121 Å². The minimum absolute atomic E-state index is 0.899. The Balaban J connectivity index is 1.71. The van der Waals surface area contributed by atoms with E-state index in [2.05, 4.69) is 121 Å². The van der Waals surface area contributed by atoms with Crippen LogP contribution in [-0.2, 0) is 0 Å². The molecule has 0 saturated heterocycles. The SMILES string of the molecule is B(c1ccccc1-c1ccccc1)c1c(-c2ccccc2)ccc2ccccc12. The summed E-state index contributed by atoms with van der Waals surface area (Å²) in [7, 11) is 0.899. The predicted octanol–water partition coefficient (Wildman–Crippen LogP) is 5.56. The largest absolute Gasteiger partial charge is 0.194 e. The molecule has 0 amide bonds. The molecule has 0 atom stereocenters. The van der Waals surface area contributed by atoms with Crippen molar-refractivity contribution in [3.8, 4) is 22.3 Å². The van der Waals surface area contributed by atoms with Crippen molar-refractivity contribution in [2.75, 3.05) is 0 Å². The highest BCUT2D eigenvalue weighted by Gasteiger charge is 2.14. The fourth-order valence-corrected chi connectivity index (χ4v) is 4.18. The van der Waals surface area contributed by atoms with Gasteiger partial charge in [0, 0.05) is 0 Å². The molecular formula is C28H21B. The summed E-state index contributed by atoms with van der Waals surface area (Å²) in [4.78, 5) is 0. The van der Waals surface area contributed by atoms with E-state index in [4.69, 9.17) is 0 Å². The van der Waals surface area contributed by atoms with Gasteiger partial charge in [0.25, 0.3) is 0 Å². The summed E-state index contributed by atoms with van der Waals surface area (Å²) in [6, 6.07) is 43.4. The zero-order valence-corrected chi connectivity index (χ0v) is 16.3. The topological polar surface area (TPSA) is 0 Å². The molecule has 0 spiro atoms. The second kappa shape index (κ2) is 7.81. The average molecular weight is 368 g/mol. The molecule has 0 nitrogen and oxygen atoms in total. The molecule has 0 unspecified atom stereocenters. The van der Waals surface area contributed by atoms with E-state index >= 15 is 0 Å². The zero-order chi connectivity index (χ0) is 19.5. The van der Waals surface area contributed by atoms with E-state index in [1.54, 1.807) is 0 Å². The Morgan fingerprint density at radius 3 is 1.76 bits per heavy atom. The van der Waals surface area contributed by atoms with Crippen LogP contribution in [0.15, 0.2) is 121 Å². The van der Waals surface area contributed by atoms with Crippen LogP contribution < -0.4 is 10.9 Å². The number of rotatable bonds is 4. The Morgan fingerprint density at radius 1 is 0.414 bits per heavy atom. The van der Waals surface area contributed by atoms with Crippen molar-refractivity contribution in [2.24, 2.45) is 0 Å². The first kappa shape index (κ1) is 17.5. The molecule has 0 fully saturated rings. The van der Waals surface area contributed by atoms with Gasteiger partial charge in [-0.1, -0.05) is 132 Å². The van der Waals surface area contributed by atoms with Crippen LogP contribution in [0.4, 0.5) is 0 Å². The summed E-state index contributed by atoms with van der Waals surface area (Å²) in [5.74, 6) is 0. The normalized spacial score (nSPS) is 10.8. The van der Waals surface area contributed by atoms with E-state index in [0.717, 1.165) is 7.28 Å². The lowest BCUT2D eigenvalue weighted by molar-refractivity contribution is 1.64. The molecule has 0 aliphatic rings. The number of hydrogen-bond donors (Lipinski definition) is 0. The third kappa shape index (κ3) is 3.48. The van der Waals surface area contributed by atoms with Gasteiger partial charge in [0.1, 0.15) is 0 Å². The predicted molar refractivity (Wildman–Crippen MR) is 128 cm³/mol. The van der Waals surface area contributed by atoms with Crippen LogP contribution in [0.5, 0.6) is 0 Å². The van der Waals surface area contributed by atoms with Crippen molar-refractivity contribution in [1.29, 1.82) is 0 Å². The molecule has 0 radical (unpaired) electrons. The summed E-state index contributed by atoms with van der Waals surface area (Å²) in [5, 5.41) is 2.62. The summed E-state index contributed by atoms with van der Waals surface area (Å²) in [6.07, 6.45) is 0. The van der Waals surface area contributed by atoms with Crippen LogP contribution in [0.1, 0.15) is 0 Å². The van der Waals surface area contributed by atoms with Crippen molar-refractivity contribution in [3.63, 3.8) is 0 Å². The maximum absolute atomic E-state index is 2.28. The van der Waals surface area contributed by atoms with Crippen LogP contribution in [0, 0.1) is 0 Å². The first-order chi connectivity index (χ1) is 14.4. The van der Waals surface area contributed by atoms with Crippen molar-refractivity contribution < 1.29 is 0 Å². The van der Waals surface area contributed by atoms with Gasteiger partial charge in [0.2, 0.25) is 0 Å². The molecule has 5 rings (SSSR count). The van der Waals surface area contributed by atoms with E-state index in [0.29, 0.717) is 0 Å². The highest BCUT2D eigenvalue weighted by Crippen LogP contribution is 2.23. The standard InChI is InChI=1S/C28H21B/c1-3-11-21(12-4-1)24-16-9-10-18-27(24)29-28-25-17-8-7-15-23(25)19-20-26(28)22-13-5-2-6-14-22/h1-20,29H. The minimum atomic E-state index is 0.899. The van der Waals surface area contributed by atoms with E-state index in [9.17, 15) is 0 Å². The van der Waals surface area contributed by atoms with Crippen LogP contribution in [0.25, 0.3) is 33.0 Å². The first-order valence-corrected chi connectivity index (χ1v) is 10.1. The number of benzene rings is 5. The summed E-state index contributed by atoms with van der Waals surface area (Å²) in [5.41, 5.74) is 7.90. The van der Waals surface area contributed by atoms with E-state index in [1.165, 1.54) is 44.0 Å². The van der Waals surface area contributed by atoms with Gasteiger partial charge >= 0.3 is 0 Å². The first-order valence-electron chi connectivity index (χ1n) is 10.1. The summed E-state index contributed by atoms with van der Waals surface area (Å²) >= 11 is 0. The van der Waals surface area contributed by atoms with Crippen LogP contribution in [0.2, 0.25) is 0 Å². The van der Waals surface area contributed by atoms with E-state index in [-0.39, 0.29) is 0 Å². The van der Waals surface area contributed by atoms with Gasteiger partial charge in [-0.15, -0.1) is 0 Å². The Labute approximate surface area is 172 Å². The lowest BCUT2D eigenvalue weighted by Crippen LogP contribution is -2.30. The molecule has 29 heavy (non-hydrogen) atoms. The van der Waals surface area contributed by atoms with E-state index < -0.39 is 0 Å². The maximum Gasteiger partial charge on any atom is 0.194 e. The molecular weight excluding hydrogens is 347 g/mol. The lowest BCUT2D eigenvalue weighted by atomic mass is 9.58. The minimum Gasteiger partial charge on any atom is -0.0708 e. The second-order valence-corrected chi connectivity index (χ2v) is 7.38. The Kier molecular flexibility index (Phi) is 4.72. The summed E-state index contributed by atoms with van der Waals surface area (Å²) in [6.45, 7) is 0. The maximum atomic E-state index is 2.28. The van der Waals surface area contributed by atoms with Crippen molar-refractivity contribution in [2.45, 2.75) is 0 Å². The third-order valence-electron chi connectivity index (χ3n) is 5.59. The molecule has 0 aliphatic carbocycles. The highest BCUT2D eigenvalue weighted by molar-refractivity contribution is 6.72. The molecule has 5 aromatic rings. The molecule has 0 bridgehead atoms. The molecule has 0 aliphatic heterocycles. The van der Waals surface area contributed by atoms with Gasteiger partial charge in [0.15, 0.2) is 7.28 Å². The van der Waals surface area contributed by atoms with Gasteiger partial charge in [-0.25, -0.2) is 0 Å². The van der Waals surface area contributed by atoms with Gasteiger partial charge in [0.05, 0.1) is 0 Å². The molecule has 0 aromatic heterocycles. The van der Waals surface area contributed by atoms with Crippen LogP contribution in [0.3, 0.4) is 0 Å². The van der Waals surface area contributed by atoms with Crippen molar-refractivity contribution >= 4 is 29.0 Å². The fourth-order valence-electron chi connectivity index (χ4n) is 4.18. The molecule has 1 heteroatoms. The quantitative estimate of drug-likeness (QED) is 0.364. The van der Waals surface area contributed by atoms with E-state index in [1.807, 2.05) is 0 Å². The molecule has 0 heterocycles. The smallest absolute Gasteiger partial charge is 0.0708 e. The van der Waals surface area contributed by atoms with Crippen LogP contribution >= 0.6 is 0 Å². The van der Waals surface area contributed by atoms with Gasteiger partial charge in [-0.2, -0.15) is 0 Å². The molecule has 0 N–H and O–H groups in total. The van der Waals surface area contributed by atoms with Gasteiger partial charge in [-0.05, 0) is 33.0 Å². The van der Waals surface area contributed by atoms with Crippen LogP contribution in [-0.4, -0.2) is 7.28 Å². The monoisotopic (exact) mass is 368 g/mol. The van der Waals surface area contributed by atoms with Gasteiger partial charge < -0.3 is 0 Å². The van der Waals surface area contributed by atoms with Gasteiger partial charge in [-0.3, -0.25) is 0 Å². The Morgan fingerprint density at radius 2 is 1.00 bits per heavy atom. The number of hydrogen-bond acceptors (Lipinski definition) is 0. The molecule has 5 aromatic carbocycles. The zero-order valence-electron chi connectivity index (χ0n) is 16.3. The highest BCUT2D eigenvalue weighted by atomic mass is 14.1. The van der Waals surface area contributed by atoms with Crippen molar-refractivity contribution in [1.82, 2.24) is 0 Å². The second-order valence-electron chi connectivity index (χ2n) is 7.38. The Bertz CT molecular complexity index is 1260. The Hall–Kier alpha value is -3.58. The summed E-state index contributed by atoms with van der Waals surface area (Å²) < 4.78 is 0. The molecule has 0 saturated carbocycles. The third-order valence-corrected chi connectivity index (χ3v) is 5.59. The fraction of sp³-hybridized carbons (Fsp3) is 0. The molecule has 136 valence electrons. The average Bonchev–Trinajstić information content (AvgIpc) is 2.81. The number of fused-ring (bicyclic) bond motifs is 1.